The molecule has 0 heterocycles. The van der Waals surface area contributed by atoms with Gasteiger partial charge in [-0.1, -0.05) is 27.7 Å². The lowest BCUT2D eigenvalue weighted by molar-refractivity contribution is 0.171. The first-order chi connectivity index (χ1) is 5.47. The Labute approximate surface area is 75.8 Å². The molecule has 0 aromatic carbocycles. The maximum Gasteiger partial charge on any atom is 0.0695 e. The highest BCUT2D eigenvalue weighted by Crippen LogP contribution is 2.56. The van der Waals surface area contributed by atoms with Crippen LogP contribution in [0.1, 0.15) is 47.0 Å². The van der Waals surface area contributed by atoms with E-state index >= 15 is 0 Å². The minimum atomic E-state index is -0.0492. The van der Waals surface area contributed by atoms with Crippen molar-refractivity contribution >= 4 is 0 Å². The fraction of sp³-hybridized carbons (Fsp3) is 0.909. The Hall–Kier alpha value is -0.510. The van der Waals surface area contributed by atoms with E-state index in [1.54, 1.807) is 0 Å². The van der Waals surface area contributed by atoms with E-state index in [0.717, 1.165) is 18.8 Å². The predicted octanol–water partition coefficient (Wildman–Crippen LogP) is 3.36. The summed E-state index contributed by atoms with van der Waals surface area (Å²) in [4.78, 5) is 0. The zero-order valence-corrected chi connectivity index (χ0v) is 8.65. The number of rotatable bonds is 1. The summed E-state index contributed by atoms with van der Waals surface area (Å²) in [7, 11) is 0. The lowest BCUT2D eigenvalue weighted by atomic mass is 9.67. The Morgan fingerprint density at radius 3 is 2.17 bits per heavy atom. The van der Waals surface area contributed by atoms with Gasteiger partial charge in [0, 0.05) is 0 Å². The van der Waals surface area contributed by atoms with Crippen LogP contribution in [0.4, 0.5) is 0 Å². The summed E-state index contributed by atoms with van der Waals surface area (Å²) in [5.74, 6) is 0.722. The van der Waals surface area contributed by atoms with Crippen molar-refractivity contribution in [3.8, 4) is 6.07 Å². The third-order valence-electron chi connectivity index (χ3n) is 3.67. The Morgan fingerprint density at radius 2 is 2.00 bits per heavy atom. The van der Waals surface area contributed by atoms with Crippen LogP contribution in [0.5, 0.6) is 0 Å². The molecule has 0 aromatic heterocycles. The van der Waals surface area contributed by atoms with Gasteiger partial charge in [0.25, 0.3) is 0 Å². The molecule has 0 aliphatic heterocycles. The normalized spacial score (nSPS) is 39.4. The highest BCUT2D eigenvalue weighted by molar-refractivity contribution is 5.11. The van der Waals surface area contributed by atoms with Gasteiger partial charge in [0.05, 0.1) is 11.5 Å². The summed E-state index contributed by atoms with van der Waals surface area (Å²) >= 11 is 0. The van der Waals surface area contributed by atoms with E-state index < -0.39 is 0 Å². The van der Waals surface area contributed by atoms with Gasteiger partial charge in [-0.05, 0) is 30.6 Å². The van der Waals surface area contributed by atoms with Crippen LogP contribution in [-0.2, 0) is 0 Å². The van der Waals surface area contributed by atoms with E-state index in [9.17, 15) is 5.26 Å². The predicted molar refractivity (Wildman–Crippen MR) is 50.5 cm³/mol. The van der Waals surface area contributed by atoms with Crippen LogP contribution in [0.3, 0.4) is 0 Å². The van der Waals surface area contributed by atoms with Gasteiger partial charge < -0.3 is 0 Å². The smallest absolute Gasteiger partial charge is 0.0695 e. The summed E-state index contributed by atoms with van der Waals surface area (Å²) in [6.07, 6.45) is 3.29. The Morgan fingerprint density at radius 1 is 1.42 bits per heavy atom. The number of hydrogen-bond donors (Lipinski definition) is 0. The molecule has 1 aliphatic rings. The summed E-state index contributed by atoms with van der Waals surface area (Å²) in [5, 5.41) is 9.22. The van der Waals surface area contributed by atoms with Crippen LogP contribution in [0.15, 0.2) is 0 Å². The molecule has 1 nitrogen and oxygen atoms in total. The second-order valence-electron chi connectivity index (χ2n) is 4.94. The molecule has 0 bridgehead atoms. The van der Waals surface area contributed by atoms with Crippen molar-refractivity contribution < 1.29 is 0 Å². The van der Waals surface area contributed by atoms with Crippen LogP contribution in [0.2, 0.25) is 0 Å². The third-order valence-corrected chi connectivity index (χ3v) is 3.67. The number of nitrogens with zero attached hydrogens (tertiary/aromatic N) is 1. The largest absolute Gasteiger partial charge is 0.198 e. The van der Waals surface area contributed by atoms with Crippen LogP contribution in [0, 0.1) is 28.1 Å². The Kier molecular flexibility index (Phi) is 2.21. The van der Waals surface area contributed by atoms with Gasteiger partial charge in [-0.2, -0.15) is 5.26 Å². The molecule has 0 amide bonds. The Bertz CT molecular complexity index is 212. The van der Waals surface area contributed by atoms with Crippen LogP contribution in [-0.4, -0.2) is 0 Å². The van der Waals surface area contributed by atoms with Gasteiger partial charge in [-0.25, -0.2) is 0 Å². The molecular formula is C11H19N. The first kappa shape index (κ1) is 9.58. The fourth-order valence-corrected chi connectivity index (χ4v) is 2.91. The van der Waals surface area contributed by atoms with E-state index in [2.05, 4.69) is 33.8 Å². The maximum atomic E-state index is 9.22. The molecular weight excluding hydrogens is 146 g/mol. The second kappa shape index (κ2) is 2.76. The van der Waals surface area contributed by atoms with Crippen molar-refractivity contribution in [1.29, 1.82) is 5.26 Å². The lowest BCUT2D eigenvalue weighted by Crippen LogP contribution is -2.30. The molecule has 1 rings (SSSR count). The van der Waals surface area contributed by atoms with Crippen LogP contribution in [0.25, 0.3) is 0 Å². The molecule has 2 atom stereocenters. The van der Waals surface area contributed by atoms with E-state index in [1.165, 1.54) is 6.42 Å². The maximum absolute atomic E-state index is 9.22. The molecule has 1 saturated carbocycles. The van der Waals surface area contributed by atoms with Gasteiger partial charge in [0.2, 0.25) is 0 Å². The minimum Gasteiger partial charge on any atom is -0.198 e. The standard InChI is InChI=1S/C11H19N/c1-5-11(8-12)7-9(2)6-10(11,3)4/h9H,5-7H2,1-4H3. The third kappa shape index (κ3) is 1.14. The summed E-state index contributed by atoms with van der Waals surface area (Å²) < 4.78 is 0. The van der Waals surface area contributed by atoms with Gasteiger partial charge in [0.1, 0.15) is 0 Å². The topological polar surface area (TPSA) is 23.8 Å². The van der Waals surface area contributed by atoms with Gasteiger partial charge >= 0.3 is 0 Å². The number of hydrogen-bond acceptors (Lipinski definition) is 1. The van der Waals surface area contributed by atoms with Gasteiger partial charge in [-0.3, -0.25) is 0 Å². The molecule has 1 fully saturated rings. The first-order valence-electron chi connectivity index (χ1n) is 4.89. The molecule has 1 aliphatic carbocycles. The first-order valence-corrected chi connectivity index (χ1v) is 4.89. The van der Waals surface area contributed by atoms with Crippen molar-refractivity contribution in [3.63, 3.8) is 0 Å². The SMILES string of the molecule is CCC1(C#N)CC(C)CC1(C)C. The lowest BCUT2D eigenvalue weighted by Gasteiger charge is -2.34. The molecule has 0 aromatic rings. The average Bonchev–Trinajstić information content (AvgIpc) is 2.20. The monoisotopic (exact) mass is 165 g/mol. The summed E-state index contributed by atoms with van der Waals surface area (Å²) in [5.41, 5.74) is 0.169. The van der Waals surface area contributed by atoms with Crippen molar-refractivity contribution in [3.05, 3.63) is 0 Å². The summed E-state index contributed by atoms with van der Waals surface area (Å²) in [6, 6.07) is 2.55. The van der Waals surface area contributed by atoms with Crippen LogP contribution >= 0.6 is 0 Å². The highest BCUT2D eigenvalue weighted by atomic mass is 14.5. The summed E-state index contributed by atoms with van der Waals surface area (Å²) in [6.45, 7) is 8.88. The molecule has 0 saturated heterocycles. The molecule has 1 heteroatoms. The fourth-order valence-electron chi connectivity index (χ4n) is 2.91. The zero-order valence-electron chi connectivity index (χ0n) is 8.65. The minimum absolute atomic E-state index is 0.0492. The van der Waals surface area contributed by atoms with Crippen molar-refractivity contribution in [1.82, 2.24) is 0 Å². The van der Waals surface area contributed by atoms with Gasteiger partial charge in [-0.15, -0.1) is 0 Å². The molecule has 2 unspecified atom stereocenters. The van der Waals surface area contributed by atoms with Crippen LogP contribution < -0.4 is 0 Å². The van der Waals surface area contributed by atoms with Crippen molar-refractivity contribution in [2.45, 2.75) is 47.0 Å². The van der Waals surface area contributed by atoms with E-state index in [0.29, 0.717) is 0 Å². The second-order valence-corrected chi connectivity index (χ2v) is 4.94. The van der Waals surface area contributed by atoms with Gasteiger partial charge in [0.15, 0.2) is 0 Å². The molecule has 0 N–H and O–H groups in total. The quantitative estimate of drug-likeness (QED) is 0.584. The Balaban J connectivity index is 2.97. The van der Waals surface area contributed by atoms with E-state index in [-0.39, 0.29) is 10.8 Å². The van der Waals surface area contributed by atoms with E-state index in [1.807, 2.05) is 0 Å². The molecule has 0 radical (unpaired) electrons. The molecule has 68 valence electrons. The highest BCUT2D eigenvalue weighted by Gasteiger charge is 2.50. The molecule has 0 spiro atoms. The number of nitriles is 1. The zero-order chi connectivity index (χ0) is 9.41. The van der Waals surface area contributed by atoms with Crippen molar-refractivity contribution in [2.75, 3.05) is 0 Å². The van der Waals surface area contributed by atoms with E-state index in [4.69, 9.17) is 0 Å². The molecule has 12 heavy (non-hydrogen) atoms. The van der Waals surface area contributed by atoms with Crippen molar-refractivity contribution in [2.24, 2.45) is 16.7 Å². The average molecular weight is 165 g/mol.